The summed E-state index contributed by atoms with van der Waals surface area (Å²) < 4.78 is 0.943. The fourth-order valence-corrected chi connectivity index (χ4v) is 2.26. The lowest BCUT2D eigenvalue weighted by Gasteiger charge is -2.08. The highest BCUT2D eigenvalue weighted by molar-refractivity contribution is 9.10. The first kappa shape index (κ1) is 13.8. The number of nitro groups is 1. The van der Waals surface area contributed by atoms with Crippen LogP contribution in [0.2, 0.25) is 5.02 Å². The maximum absolute atomic E-state index is 10.9. The van der Waals surface area contributed by atoms with Gasteiger partial charge in [0.25, 0.3) is 5.69 Å². The van der Waals surface area contributed by atoms with Gasteiger partial charge < -0.3 is 5.32 Å². The van der Waals surface area contributed by atoms with Crippen LogP contribution in [0, 0.1) is 10.1 Å². The van der Waals surface area contributed by atoms with E-state index in [0.717, 1.165) is 10.2 Å². The molecule has 0 spiro atoms. The molecule has 0 aliphatic carbocycles. The summed E-state index contributed by atoms with van der Waals surface area (Å²) in [6.07, 6.45) is 0. The van der Waals surface area contributed by atoms with Crippen LogP contribution in [-0.2, 0) is 6.54 Å². The van der Waals surface area contributed by atoms with Crippen LogP contribution in [0.25, 0.3) is 0 Å². The quantitative estimate of drug-likeness (QED) is 0.652. The Morgan fingerprint density at radius 1 is 1.26 bits per heavy atom. The van der Waals surface area contributed by atoms with Gasteiger partial charge in [-0.2, -0.15) is 0 Å². The number of benzene rings is 2. The molecule has 0 aliphatic rings. The van der Waals surface area contributed by atoms with Crippen LogP contribution in [0.1, 0.15) is 5.56 Å². The SMILES string of the molecule is O=[N+]([O-])c1ccc(Cl)cc1CNc1cccc(Br)c1. The van der Waals surface area contributed by atoms with E-state index in [0.29, 0.717) is 17.1 Å². The minimum absolute atomic E-state index is 0.0619. The molecule has 0 fully saturated rings. The predicted octanol–water partition coefficient (Wildman–Crippen LogP) is 4.62. The third-order valence-electron chi connectivity index (χ3n) is 2.55. The third-order valence-corrected chi connectivity index (χ3v) is 3.27. The number of hydrogen-bond donors (Lipinski definition) is 1. The molecule has 2 aromatic carbocycles. The average Bonchev–Trinajstić information content (AvgIpc) is 2.36. The van der Waals surface area contributed by atoms with Gasteiger partial charge in [0.2, 0.25) is 0 Å². The zero-order valence-electron chi connectivity index (χ0n) is 9.77. The number of nitrogens with one attached hydrogen (secondary N) is 1. The number of anilines is 1. The molecule has 19 heavy (non-hydrogen) atoms. The summed E-state index contributed by atoms with van der Waals surface area (Å²) in [5.41, 5.74) is 1.49. The molecule has 2 rings (SSSR count). The molecular weight excluding hydrogens is 332 g/mol. The Hall–Kier alpha value is -1.59. The Kier molecular flexibility index (Phi) is 4.39. The minimum atomic E-state index is -0.408. The molecule has 2 aromatic rings. The first-order valence-electron chi connectivity index (χ1n) is 5.48. The molecule has 0 bridgehead atoms. The van der Waals surface area contributed by atoms with E-state index < -0.39 is 4.92 Å². The van der Waals surface area contributed by atoms with Crippen LogP contribution in [0.4, 0.5) is 11.4 Å². The molecule has 0 aliphatic heterocycles. The first-order valence-corrected chi connectivity index (χ1v) is 6.65. The van der Waals surface area contributed by atoms with Crippen LogP contribution in [0.5, 0.6) is 0 Å². The standard InChI is InChI=1S/C13H10BrClN2O2/c14-10-2-1-3-12(7-10)16-8-9-6-11(15)4-5-13(9)17(18)19/h1-7,16H,8H2. The van der Waals surface area contributed by atoms with Gasteiger partial charge in [-0.1, -0.05) is 33.6 Å². The lowest BCUT2D eigenvalue weighted by atomic mass is 10.1. The average molecular weight is 342 g/mol. The van der Waals surface area contributed by atoms with Crippen molar-refractivity contribution in [3.8, 4) is 0 Å². The van der Waals surface area contributed by atoms with E-state index >= 15 is 0 Å². The molecule has 0 aromatic heterocycles. The highest BCUT2D eigenvalue weighted by atomic mass is 79.9. The van der Waals surface area contributed by atoms with E-state index in [2.05, 4.69) is 21.2 Å². The largest absolute Gasteiger partial charge is 0.381 e. The Bertz CT molecular complexity index is 619. The van der Waals surface area contributed by atoms with Crippen molar-refractivity contribution in [2.24, 2.45) is 0 Å². The Balaban J connectivity index is 2.19. The molecule has 0 heterocycles. The predicted molar refractivity (Wildman–Crippen MR) is 79.6 cm³/mol. The van der Waals surface area contributed by atoms with E-state index in [1.165, 1.54) is 12.1 Å². The van der Waals surface area contributed by atoms with Gasteiger partial charge in [0.1, 0.15) is 0 Å². The summed E-state index contributed by atoms with van der Waals surface area (Å²) in [5, 5.41) is 14.5. The summed E-state index contributed by atoms with van der Waals surface area (Å²) in [4.78, 5) is 10.5. The van der Waals surface area contributed by atoms with Crippen LogP contribution in [0.15, 0.2) is 46.9 Å². The van der Waals surface area contributed by atoms with Gasteiger partial charge in [-0.25, -0.2) is 0 Å². The van der Waals surface area contributed by atoms with Crippen molar-refractivity contribution in [3.63, 3.8) is 0 Å². The van der Waals surface area contributed by atoms with E-state index in [-0.39, 0.29) is 5.69 Å². The molecule has 0 amide bonds. The van der Waals surface area contributed by atoms with Gasteiger partial charge in [0.15, 0.2) is 0 Å². The van der Waals surface area contributed by atoms with Crippen molar-refractivity contribution < 1.29 is 4.92 Å². The molecule has 0 saturated carbocycles. The van der Waals surface area contributed by atoms with Gasteiger partial charge in [-0.3, -0.25) is 10.1 Å². The van der Waals surface area contributed by atoms with Crippen molar-refractivity contribution in [1.82, 2.24) is 0 Å². The molecule has 98 valence electrons. The van der Waals surface area contributed by atoms with E-state index in [4.69, 9.17) is 11.6 Å². The summed E-state index contributed by atoms with van der Waals surface area (Å²) in [5.74, 6) is 0. The molecule has 0 atom stereocenters. The van der Waals surface area contributed by atoms with E-state index in [9.17, 15) is 10.1 Å². The summed E-state index contributed by atoms with van der Waals surface area (Å²) >= 11 is 9.24. The van der Waals surface area contributed by atoms with Crippen LogP contribution >= 0.6 is 27.5 Å². The monoisotopic (exact) mass is 340 g/mol. The highest BCUT2D eigenvalue weighted by Gasteiger charge is 2.13. The second-order valence-corrected chi connectivity index (χ2v) is 5.25. The Morgan fingerprint density at radius 3 is 2.74 bits per heavy atom. The second kappa shape index (κ2) is 6.04. The molecule has 0 radical (unpaired) electrons. The van der Waals surface area contributed by atoms with Gasteiger partial charge in [0.05, 0.1) is 10.5 Å². The molecule has 1 N–H and O–H groups in total. The number of halogens is 2. The molecule has 4 nitrogen and oxygen atoms in total. The van der Waals surface area contributed by atoms with E-state index in [1.807, 2.05) is 24.3 Å². The molecule has 0 saturated heterocycles. The Morgan fingerprint density at radius 2 is 2.05 bits per heavy atom. The minimum Gasteiger partial charge on any atom is -0.381 e. The smallest absolute Gasteiger partial charge is 0.274 e. The highest BCUT2D eigenvalue weighted by Crippen LogP contribution is 2.24. The first-order chi connectivity index (χ1) is 9.06. The third kappa shape index (κ3) is 3.68. The van der Waals surface area contributed by atoms with Crippen LogP contribution in [0.3, 0.4) is 0 Å². The van der Waals surface area contributed by atoms with Crippen LogP contribution < -0.4 is 5.32 Å². The number of hydrogen-bond acceptors (Lipinski definition) is 3. The normalized spacial score (nSPS) is 10.2. The zero-order valence-corrected chi connectivity index (χ0v) is 12.1. The summed E-state index contributed by atoms with van der Waals surface area (Å²) in [6.45, 7) is 0.341. The van der Waals surface area contributed by atoms with Gasteiger partial charge in [0, 0.05) is 27.8 Å². The van der Waals surface area contributed by atoms with Gasteiger partial charge in [-0.05, 0) is 30.3 Å². The van der Waals surface area contributed by atoms with Crippen molar-refractivity contribution >= 4 is 38.9 Å². The molecule has 0 unspecified atom stereocenters. The summed E-state index contributed by atoms with van der Waals surface area (Å²) in [6, 6.07) is 12.1. The Labute approximate surface area is 123 Å². The fourth-order valence-electron chi connectivity index (χ4n) is 1.67. The fraction of sp³-hybridized carbons (Fsp3) is 0.0769. The second-order valence-electron chi connectivity index (χ2n) is 3.89. The maximum Gasteiger partial charge on any atom is 0.274 e. The zero-order chi connectivity index (χ0) is 13.8. The van der Waals surface area contributed by atoms with Gasteiger partial charge in [-0.15, -0.1) is 0 Å². The van der Waals surface area contributed by atoms with E-state index in [1.54, 1.807) is 6.07 Å². The van der Waals surface area contributed by atoms with Crippen LogP contribution in [-0.4, -0.2) is 4.92 Å². The summed E-state index contributed by atoms with van der Waals surface area (Å²) in [7, 11) is 0. The molecule has 6 heteroatoms. The number of nitro benzene ring substituents is 1. The maximum atomic E-state index is 10.9. The van der Waals surface area contributed by atoms with Crippen molar-refractivity contribution in [2.75, 3.05) is 5.32 Å². The lowest BCUT2D eigenvalue weighted by Crippen LogP contribution is -2.03. The van der Waals surface area contributed by atoms with Crippen molar-refractivity contribution in [1.29, 1.82) is 0 Å². The number of nitrogens with zero attached hydrogens (tertiary/aromatic N) is 1. The number of rotatable bonds is 4. The topological polar surface area (TPSA) is 55.2 Å². The molecular formula is C13H10BrClN2O2. The van der Waals surface area contributed by atoms with Gasteiger partial charge >= 0.3 is 0 Å². The van der Waals surface area contributed by atoms with Crippen molar-refractivity contribution in [3.05, 3.63) is 67.6 Å². The lowest BCUT2D eigenvalue weighted by molar-refractivity contribution is -0.385. The van der Waals surface area contributed by atoms with Crippen molar-refractivity contribution in [2.45, 2.75) is 6.54 Å².